The SMILES string of the molecule is O=C(CCCc1n[nH]c(=O)c2ccccc12)N1C2CCC1N(c1ncc(C(F)(F)F)cn1)C2. The number of rotatable bonds is 5. The third-order valence-corrected chi connectivity index (χ3v) is 6.33. The van der Waals surface area contributed by atoms with Crippen LogP contribution in [0.3, 0.4) is 0 Å². The largest absolute Gasteiger partial charge is 0.419 e. The number of aromatic amines is 1. The number of halogens is 3. The molecule has 2 fully saturated rings. The molecule has 0 saturated carbocycles. The number of hydrogen-bond acceptors (Lipinski definition) is 6. The zero-order chi connectivity index (χ0) is 23.2. The molecule has 2 aliphatic heterocycles. The number of benzene rings is 1. The van der Waals surface area contributed by atoms with Crippen LogP contribution in [0.2, 0.25) is 0 Å². The highest BCUT2D eigenvalue weighted by Gasteiger charge is 2.48. The standard InChI is InChI=1S/C22H21F3N6O2/c23-22(24,25)13-10-26-21(27-11-13)30-12-14-8-9-18(30)31(14)19(32)7-3-6-17-15-4-1-2-5-16(15)20(33)29-28-17/h1-2,4-5,10-11,14,18H,3,6-9,12H2,(H,29,33). The van der Waals surface area contributed by atoms with Gasteiger partial charge in [-0.05, 0) is 31.7 Å². The maximum atomic E-state index is 13.0. The molecule has 8 nitrogen and oxygen atoms in total. The van der Waals surface area contributed by atoms with Crippen molar-refractivity contribution in [3.63, 3.8) is 0 Å². The van der Waals surface area contributed by atoms with Gasteiger partial charge in [0.05, 0.1) is 22.7 Å². The Bertz CT molecular complexity index is 1240. The number of H-pyrrole nitrogens is 1. The molecule has 0 spiro atoms. The number of nitrogens with one attached hydrogen (secondary N) is 1. The van der Waals surface area contributed by atoms with Gasteiger partial charge in [-0.3, -0.25) is 9.59 Å². The van der Waals surface area contributed by atoms with Crippen LogP contribution in [0.5, 0.6) is 0 Å². The lowest BCUT2D eigenvalue weighted by atomic mass is 10.1. The van der Waals surface area contributed by atoms with Crippen LogP contribution in [-0.4, -0.2) is 49.7 Å². The summed E-state index contributed by atoms with van der Waals surface area (Å²) in [6.07, 6.45) is -0.185. The lowest BCUT2D eigenvalue weighted by molar-refractivity contribution is -0.138. The van der Waals surface area contributed by atoms with Gasteiger partial charge in [-0.25, -0.2) is 15.1 Å². The van der Waals surface area contributed by atoms with Crippen LogP contribution in [-0.2, 0) is 17.4 Å². The number of alkyl halides is 3. The number of aromatic nitrogens is 4. The van der Waals surface area contributed by atoms with E-state index >= 15 is 0 Å². The van der Waals surface area contributed by atoms with Gasteiger partial charge < -0.3 is 9.80 Å². The third-order valence-electron chi connectivity index (χ3n) is 6.33. The number of carbonyl (C=O) groups excluding carboxylic acids is 1. The minimum absolute atomic E-state index is 0.000396. The molecule has 5 rings (SSSR count). The number of aryl methyl sites for hydroxylation is 1. The van der Waals surface area contributed by atoms with Crippen LogP contribution < -0.4 is 10.5 Å². The molecule has 2 atom stereocenters. The van der Waals surface area contributed by atoms with Gasteiger partial charge >= 0.3 is 6.18 Å². The van der Waals surface area contributed by atoms with E-state index < -0.39 is 11.7 Å². The molecular formula is C22H21F3N6O2. The zero-order valence-corrected chi connectivity index (χ0v) is 17.5. The van der Waals surface area contributed by atoms with E-state index in [-0.39, 0.29) is 29.6 Å². The molecule has 1 amide bonds. The molecule has 0 radical (unpaired) electrons. The second-order valence-corrected chi connectivity index (χ2v) is 8.33. The van der Waals surface area contributed by atoms with E-state index in [0.29, 0.717) is 31.2 Å². The first-order chi connectivity index (χ1) is 15.8. The molecule has 172 valence electrons. The van der Waals surface area contributed by atoms with Gasteiger partial charge in [-0.15, -0.1) is 0 Å². The lowest BCUT2D eigenvalue weighted by Crippen LogP contribution is -2.40. The summed E-state index contributed by atoms with van der Waals surface area (Å²) < 4.78 is 38.4. The van der Waals surface area contributed by atoms with Crippen LogP contribution in [0.15, 0.2) is 41.5 Å². The van der Waals surface area contributed by atoms with Crippen molar-refractivity contribution >= 4 is 22.6 Å². The van der Waals surface area contributed by atoms with Crippen LogP contribution in [0.1, 0.15) is 36.9 Å². The van der Waals surface area contributed by atoms with E-state index in [0.717, 1.165) is 36.3 Å². The van der Waals surface area contributed by atoms with Gasteiger partial charge in [-0.1, -0.05) is 18.2 Å². The van der Waals surface area contributed by atoms with Crippen molar-refractivity contribution in [2.45, 2.75) is 50.5 Å². The first-order valence-electron chi connectivity index (χ1n) is 10.8. The number of amides is 1. The molecule has 2 aliphatic rings. The number of anilines is 1. The minimum atomic E-state index is -4.49. The Balaban J connectivity index is 1.24. The summed E-state index contributed by atoms with van der Waals surface area (Å²) in [5.74, 6) is 0.197. The molecule has 11 heteroatoms. The monoisotopic (exact) mass is 458 g/mol. The highest BCUT2D eigenvalue weighted by atomic mass is 19.4. The van der Waals surface area contributed by atoms with Crippen molar-refractivity contribution in [1.82, 2.24) is 25.1 Å². The van der Waals surface area contributed by atoms with Crippen molar-refractivity contribution in [3.05, 3.63) is 58.3 Å². The first kappa shape index (κ1) is 21.4. The Morgan fingerprint density at radius 2 is 1.85 bits per heavy atom. The molecule has 0 aliphatic carbocycles. The Kier molecular flexibility index (Phi) is 5.26. The van der Waals surface area contributed by atoms with Gasteiger partial charge in [0.2, 0.25) is 11.9 Å². The maximum absolute atomic E-state index is 13.0. The van der Waals surface area contributed by atoms with Gasteiger partial charge in [0.25, 0.3) is 5.56 Å². The van der Waals surface area contributed by atoms with E-state index in [4.69, 9.17) is 0 Å². The Labute approximate surface area is 186 Å². The van der Waals surface area contributed by atoms with E-state index in [1.54, 1.807) is 12.1 Å². The van der Waals surface area contributed by atoms with Crippen LogP contribution in [0.25, 0.3) is 10.8 Å². The number of nitrogens with zero attached hydrogens (tertiary/aromatic N) is 5. The molecule has 3 aromatic rings. The molecule has 2 unspecified atom stereocenters. The van der Waals surface area contributed by atoms with E-state index in [1.807, 2.05) is 21.9 Å². The van der Waals surface area contributed by atoms with Crippen molar-refractivity contribution in [1.29, 1.82) is 0 Å². The minimum Gasteiger partial charge on any atom is -0.318 e. The summed E-state index contributed by atoms with van der Waals surface area (Å²) in [6, 6.07) is 7.22. The summed E-state index contributed by atoms with van der Waals surface area (Å²) in [5.41, 5.74) is -0.404. The number of piperidine rings is 1. The van der Waals surface area contributed by atoms with Crippen LogP contribution in [0, 0.1) is 0 Å². The molecule has 2 saturated heterocycles. The average molecular weight is 458 g/mol. The van der Waals surface area contributed by atoms with Crippen LogP contribution >= 0.6 is 0 Å². The molecule has 1 N–H and O–H groups in total. The molecule has 4 heterocycles. The van der Waals surface area contributed by atoms with E-state index in [9.17, 15) is 22.8 Å². The summed E-state index contributed by atoms with van der Waals surface area (Å²) in [6.45, 7) is 0.508. The van der Waals surface area contributed by atoms with Crippen molar-refractivity contribution in [3.8, 4) is 0 Å². The number of fused-ring (bicyclic) bond motifs is 3. The Hall–Kier alpha value is -3.50. The predicted molar refractivity (Wildman–Crippen MR) is 113 cm³/mol. The average Bonchev–Trinajstić information content (AvgIpc) is 3.39. The summed E-state index contributed by atoms with van der Waals surface area (Å²) >= 11 is 0. The molecular weight excluding hydrogens is 437 g/mol. The molecule has 2 bridgehead atoms. The van der Waals surface area contributed by atoms with Crippen molar-refractivity contribution in [2.75, 3.05) is 11.4 Å². The molecule has 2 aromatic heterocycles. The van der Waals surface area contributed by atoms with Gasteiger partial charge in [0, 0.05) is 30.7 Å². The molecule has 1 aromatic carbocycles. The fourth-order valence-electron chi connectivity index (χ4n) is 4.80. The topological polar surface area (TPSA) is 95.1 Å². The second-order valence-electron chi connectivity index (χ2n) is 8.33. The fraction of sp³-hybridized carbons (Fsp3) is 0.409. The normalized spacial score (nSPS) is 20.1. The van der Waals surface area contributed by atoms with Crippen molar-refractivity contribution < 1.29 is 18.0 Å². The Morgan fingerprint density at radius 1 is 1.12 bits per heavy atom. The van der Waals surface area contributed by atoms with Gasteiger partial charge in [0.15, 0.2) is 0 Å². The van der Waals surface area contributed by atoms with E-state index in [2.05, 4.69) is 20.2 Å². The summed E-state index contributed by atoms with van der Waals surface area (Å²) in [4.78, 5) is 36.4. The summed E-state index contributed by atoms with van der Waals surface area (Å²) in [7, 11) is 0. The smallest absolute Gasteiger partial charge is 0.318 e. The Morgan fingerprint density at radius 3 is 2.58 bits per heavy atom. The maximum Gasteiger partial charge on any atom is 0.419 e. The predicted octanol–water partition coefficient (Wildman–Crippen LogP) is 2.89. The van der Waals surface area contributed by atoms with Crippen LogP contribution in [0.4, 0.5) is 19.1 Å². The summed E-state index contributed by atoms with van der Waals surface area (Å²) in [5, 5.41) is 8.00. The first-order valence-corrected chi connectivity index (χ1v) is 10.8. The highest BCUT2D eigenvalue weighted by molar-refractivity contribution is 5.83. The molecule has 33 heavy (non-hydrogen) atoms. The number of carbonyl (C=O) groups is 1. The van der Waals surface area contributed by atoms with Crippen molar-refractivity contribution in [2.24, 2.45) is 0 Å². The zero-order valence-electron chi connectivity index (χ0n) is 17.5. The van der Waals surface area contributed by atoms with E-state index in [1.165, 1.54) is 0 Å². The number of hydrogen-bond donors (Lipinski definition) is 1. The van der Waals surface area contributed by atoms with Gasteiger partial charge in [-0.2, -0.15) is 18.3 Å². The fourth-order valence-corrected chi connectivity index (χ4v) is 4.80. The van der Waals surface area contributed by atoms with Gasteiger partial charge in [0.1, 0.15) is 6.17 Å². The quantitative estimate of drug-likeness (QED) is 0.632. The highest BCUT2D eigenvalue weighted by Crippen LogP contribution is 2.37. The lowest BCUT2D eigenvalue weighted by Gasteiger charge is -2.27. The second kappa shape index (κ2) is 8.13. The third kappa shape index (κ3) is 3.91.